The lowest BCUT2D eigenvalue weighted by Gasteiger charge is -2.20. The maximum Gasteiger partial charge on any atom is 0.266 e. The van der Waals surface area contributed by atoms with Gasteiger partial charge in [-0.2, -0.15) is 8.42 Å². The molecule has 0 heterocycles. The van der Waals surface area contributed by atoms with Gasteiger partial charge in [-0.05, 0) is 107 Å². The predicted molar refractivity (Wildman–Crippen MR) is 207 cm³/mol. The van der Waals surface area contributed by atoms with Crippen molar-refractivity contribution in [2.45, 2.75) is 59.3 Å². The minimum atomic E-state index is -4.18. The van der Waals surface area contributed by atoms with Gasteiger partial charge in [-0.15, -0.1) is 0 Å². The van der Waals surface area contributed by atoms with Crippen LogP contribution in [-0.2, 0) is 26.7 Å². The molecule has 0 saturated heterocycles. The lowest BCUT2D eigenvalue weighted by molar-refractivity contribution is -0.117. The van der Waals surface area contributed by atoms with Crippen LogP contribution in [0.5, 0.6) is 0 Å². The van der Waals surface area contributed by atoms with Crippen molar-refractivity contribution in [3.63, 3.8) is 0 Å². The van der Waals surface area contributed by atoms with Crippen LogP contribution in [0.1, 0.15) is 70.4 Å². The maximum atomic E-state index is 14.1. The Bertz CT molecular complexity index is 2130. The molecule has 1 unspecified atom stereocenters. The minimum absolute atomic E-state index is 0.0620. The molecule has 51 heavy (non-hydrogen) atoms. The Balaban J connectivity index is 1.39. The summed E-state index contributed by atoms with van der Waals surface area (Å²) in [5, 5.41) is 5.66. The number of amides is 2. The van der Waals surface area contributed by atoms with E-state index in [-0.39, 0.29) is 17.9 Å². The van der Waals surface area contributed by atoms with Crippen molar-refractivity contribution in [2.75, 3.05) is 17.6 Å². The largest absolute Gasteiger partial charge is 0.351 e. The van der Waals surface area contributed by atoms with Gasteiger partial charge >= 0.3 is 0 Å². The van der Waals surface area contributed by atoms with Gasteiger partial charge in [-0.25, -0.2) is 0 Å². The highest BCUT2D eigenvalue weighted by molar-refractivity contribution is 7.85. The summed E-state index contributed by atoms with van der Waals surface area (Å²) in [4.78, 5) is 26.6. The molecule has 0 bridgehead atoms. The molecule has 0 aliphatic heterocycles. The van der Waals surface area contributed by atoms with Crippen LogP contribution in [0.2, 0.25) is 0 Å². The molecule has 0 saturated carbocycles. The standard InChI is InChI=1S/C43H46N2O5S/c1-28-7-21-38(29(2)25-28)39-22-20-37(26-30(39)3)45-42(47)40(27-31-8-10-35(11-9-31)41(46)44-23-24-51(48,49)50)34-14-12-32(13-15-34)33-16-18-36(19-17-33)43(4,5)6/h7-22,25-26,40H,23-24,27H2,1-6H3,(H,44,46)(H,45,47)(H,48,49,50). The molecule has 0 aliphatic rings. The number of carbonyl (C=O) groups is 2. The summed E-state index contributed by atoms with van der Waals surface area (Å²) in [6.45, 7) is 12.6. The van der Waals surface area contributed by atoms with Crippen LogP contribution in [0.3, 0.4) is 0 Å². The van der Waals surface area contributed by atoms with Crippen LogP contribution in [0, 0.1) is 20.8 Å². The van der Waals surface area contributed by atoms with E-state index < -0.39 is 27.7 Å². The van der Waals surface area contributed by atoms with Crippen molar-refractivity contribution in [2.24, 2.45) is 0 Å². The van der Waals surface area contributed by atoms with E-state index in [9.17, 15) is 18.0 Å². The molecule has 1 atom stereocenters. The topological polar surface area (TPSA) is 113 Å². The van der Waals surface area contributed by atoms with E-state index in [1.807, 2.05) is 36.4 Å². The molecule has 2 amide bonds. The van der Waals surface area contributed by atoms with E-state index in [2.05, 4.69) is 101 Å². The highest BCUT2D eigenvalue weighted by Gasteiger charge is 2.23. The first-order valence-electron chi connectivity index (χ1n) is 17.1. The van der Waals surface area contributed by atoms with Gasteiger partial charge in [0, 0.05) is 17.8 Å². The van der Waals surface area contributed by atoms with Gasteiger partial charge in [0.2, 0.25) is 5.91 Å². The van der Waals surface area contributed by atoms with Crippen molar-refractivity contribution >= 4 is 27.6 Å². The van der Waals surface area contributed by atoms with Crippen LogP contribution in [0.4, 0.5) is 5.69 Å². The SMILES string of the molecule is Cc1ccc(-c2ccc(NC(=O)C(Cc3ccc(C(=O)NCCS(=O)(=O)O)cc3)c3ccc(-c4ccc(C(C)(C)C)cc4)cc3)cc2C)c(C)c1. The number of nitrogens with one attached hydrogen (secondary N) is 2. The molecule has 8 heteroatoms. The second-order valence-corrected chi connectivity index (χ2v) is 15.9. The lowest BCUT2D eigenvalue weighted by atomic mass is 9.86. The molecule has 3 N–H and O–H groups in total. The second kappa shape index (κ2) is 15.5. The molecule has 5 aromatic rings. The Morgan fingerprint density at radius 3 is 1.84 bits per heavy atom. The molecule has 5 aromatic carbocycles. The number of carbonyl (C=O) groups excluding carboxylic acids is 2. The van der Waals surface area contributed by atoms with E-state index in [1.165, 1.54) is 16.7 Å². The Hall–Kier alpha value is -5.05. The molecule has 0 radical (unpaired) electrons. The fraction of sp³-hybridized carbons (Fsp3) is 0.256. The Morgan fingerprint density at radius 2 is 1.29 bits per heavy atom. The lowest BCUT2D eigenvalue weighted by Crippen LogP contribution is -2.28. The van der Waals surface area contributed by atoms with Crippen LogP contribution < -0.4 is 10.6 Å². The molecule has 7 nitrogen and oxygen atoms in total. The van der Waals surface area contributed by atoms with Gasteiger partial charge in [-0.1, -0.05) is 111 Å². The van der Waals surface area contributed by atoms with E-state index in [0.29, 0.717) is 17.7 Å². The summed E-state index contributed by atoms with van der Waals surface area (Å²) in [5.41, 5.74) is 12.0. The summed E-state index contributed by atoms with van der Waals surface area (Å²) >= 11 is 0. The fourth-order valence-corrected chi connectivity index (χ4v) is 6.60. The normalized spacial score (nSPS) is 12.3. The first-order chi connectivity index (χ1) is 24.1. The average molecular weight is 703 g/mol. The van der Waals surface area contributed by atoms with Gasteiger partial charge in [0.15, 0.2) is 0 Å². The number of rotatable bonds is 11. The third-order valence-corrected chi connectivity index (χ3v) is 9.90. The smallest absolute Gasteiger partial charge is 0.266 e. The van der Waals surface area contributed by atoms with Crippen LogP contribution in [0.25, 0.3) is 22.3 Å². The first-order valence-corrected chi connectivity index (χ1v) is 18.7. The fourth-order valence-electron chi connectivity index (χ4n) is 6.24. The quantitative estimate of drug-likeness (QED) is 0.119. The number of hydrogen-bond acceptors (Lipinski definition) is 4. The third-order valence-electron chi connectivity index (χ3n) is 9.18. The van der Waals surface area contributed by atoms with Crippen molar-refractivity contribution in [1.82, 2.24) is 5.32 Å². The van der Waals surface area contributed by atoms with E-state index in [4.69, 9.17) is 4.55 Å². The Morgan fingerprint density at radius 1 is 0.725 bits per heavy atom. The number of anilines is 1. The van der Waals surface area contributed by atoms with Crippen LogP contribution in [0.15, 0.2) is 109 Å². The van der Waals surface area contributed by atoms with Gasteiger partial charge in [0.1, 0.15) is 0 Å². The average Bonchev–Trinajstić information content (AvgIpc) is 3.07. The van der Waals surface area contributed by atoms with Crippen molar-refractivity contribution < 1.29 is 22.6 Å². The zero-order chi connectivity index (χ0) is 36.9. The second-order valence-electron chi connectivity index (χ2n) is 14.3. The monoisotopic (exact) mass is 702 g/mol. The molecular formula is C43H46N2O5S. The predicted octanol–water partition coefficient (Wildman–Crippen LogP) is 8.83. The zero-order valence-corrected chi connectivity index (χ0v) is 30.9. The first kappa shape index (κ1) is 37.2. The Labute approximate surface area is 301 Å². The number of hydrogen-bond donors (Lipinski definition) is 3. The summed E-state index contributed by atoms with van der Waals surface area (Å²) in [6, 6.07) is 36.0. The maximum absolute atomic E-state index is 14.1. The highest BCUT2D eigenvalue weighted by atomic mass is 32.2. The van der Waals surface area contributed by atoms with Gasteiger partial charge in [-0.3, -0.25) is 14.1 Å². The van der Waals surface area contributed by atoms with Crippen LogP contribution >= 0.6 is 0 Å². The summed E-state index contributed by atoms with van der Waals surface area (Å²) in [6.07, 6.45) is 0.385. The van der Waals surface area contributed by atoms with Crippen molar-refractivity contribution in [3.05, 3.63) is 148 Å². The molecular weight excluding hydrogens is 657 g/mol. The van der Waals surface area contributed by atoms with E-state index >= 15 is 0 Å². The minimum Gasteiger partial charge on any atom is -0.351 e. The number of aryl methyl sites for hydroxylation is 3. The molecule has 0 fully saturated rings. The van der Waals surface area contributed by atoms with Gasteiger partial charge in [0.25, 0.3) is 16.0 Å². The molecule has 0 aliphatic carbocycles. The molecule has 5 rings (SSSR count). The highest BCUT2D eigenvalue weighted by Crippen LogP contribution is 2.32. The molecule has 0 aromatic heterocycles. The zero-order valence-electron chi connectivity index (χ0n) is 30.1. The number of benzene rings is 5. The van der Waals surface area contributed by atoms with Crippen molar-refractivity contribution in [3.8, 4) is 22.3 Å². The third kappa shape index (κ3) is 9.81. The molecule has 0 spiro atoms. The van der Waals surface area contributed by atoms with Crippen LogP contribution in [-0.4, -0.2) is 37.1 Å². The molecule has 264 valence electrons. The summed E-state index contributed by atoms with van der Waals surface area (Å²) < 4.78 is 30.9. The van der Waals surface area contributed by atoms with Gasteiger partial charge < -0.3 is 10.6 Å². The summed E-state index contributed by atoms with van der Waals surface area (Å²) in [5.74, 6) is -1.70. The Kier molecular flexibility index (Phi) is 11.3. The van der Waals surface area contributed by atoms with Gasteiger partial charge in [0.05, 0.1) is 11.7 Å². The van der Waals surface area contributed by atoms with E-state index in [0.717, 1.165) is 38.9 Å². The summed E-state index contributed by atoms with van der Waals surface area (Å²) in [7, 11) is -4.18. The van der Waals surface area contributed by atoms with Crippen molar-refractivity contribution in [1.29, 1.82) is 0 Å². The van der Waals surface area contributed by atoms with E-state index in [1.54, 1.807) is 24.3 Å².